The molecule has 0 amide bonds. The van der Waals surface area contributed by atoms with Gasteiger partial charge in [0.15, 0.2) is 10.7 Å². The van der Waals surface area contributed by atoms with Gasteiger partial charge in [-0.3, -0.25) is 4.72 Å². The number of anilines is 2. The van der Waals surface area contributed by atoms with Gasteiger partial charge >= 0.3 is 0 Å². The van der Waals surface area contributed by atoms with Gasteiger partial charge in [-0.1, -0.05) is 17.7 Å². The molecule has 29 heavy (non-hydrogen) atoms. The Labute approximate surface area is 171 Å². The van der Waals surface area contributed by atoms with E-state index in [-0.39, 0.29) is 5.69 Å². The van der Waals surface area contributed by atoms with Gasteiger partial charge in [-0.25, -0.2) is 22.2 Å². The molecular weight excluding hydrogens is 429 g/mol. The molecule has 0 spiro atoms. The van der Waals surface area contributed by atoms with E-state index in [2.05, 4.69) is 10.3 Å². The van der Waals surface area contributed by atoms with Crippen molar-refractivity contribution in [1.29, 1.82) is 0 Å². The molecule has 1 aromatic heterocycles. The van der Waals surface area contributed by atoms with Crippen LogP contribution in [0.15, 0.2) is 29.2 Å². The summed E-state index contributed by atoms with van der Waals surface area (Å²) in [5.41, 5.74) is 0.124. The number of aromatic nitrogens is 1. The van der Waals surface area contributed by atoms with Gasteiger partial charge in [0.25, 0.3) is 10.0 Å². The average molecular weight is 447 g/mol. The highest BCUT2D eigenvalue weighted by molar-refractivity contribution is 7.92. The third kappa shape index (κ3) is 3.88. The van der Waals surface area contributed by atoms with E-state index in [9.17, 15) is 21.6 Å². The Hall–Kier alpha value is -2.04. The van der Waals surface area contributed by atoms with Crippen molar-refractivity contribution in [2.24, 2.45) is 11.8 Å². The van der Waals surface area contributed by atoms with Crippen LogP contribution in [0.3, 0.4) is 0 Å². The molecule has 1 atom stereocenters. The molecule has 1 aromatic carbocycles. The van der Waals surface area contributed by atoms with E-state index >= 15 is 0 Å². The standard InChI is InChI=1S/C18H18ClF3N4O2S/c19-16-13(26-5-4-10(9-26)11-7-23-8-11)6-12(20)18(17(16)22)29(27,28)25-15-3-1-2-14(21)24-15/h1-3,6,10-11,23H,4-5,7-9H2,(H,24,25)/t10-/m1/s1. The van der Waals surface area contributed by atoms with E-state index in [0.717, 1.165) is 37.7 Å². The van der Waals surface area contributed by atoms with E-state index < -0.39 is 43.3 Å². The molecule has 0 bridgehead atoms. The largest absolute Gasteiger partial charge is 0.370 e. The van der Waals surface area contributed by atoms with Gasteiger partial charge in [-0.2, -0.15) is 4.39 Å². The van der Waals surface area contributed by atoms with Crippen LogP contribution in [0.2, 0.25) is 5.02 Å². The molecule has 11 heteroatoms. The highest BCUT2D eigenvalue weighted by atomic mass is 35.5. The third-order valence-electron chi connectivity index (χ3n) is 5.37. The molecule has 0 radical (unpaired) electrons. The van der Waals surface area contributed by atoms with Crippen molar-refractivity contribution < 1.29 is 21.6 Å². The molecule has 0 aliphatic carbocycles. The first-order chi connectivity index (χ1) is 13.8. The van der Waals surface area contributed by atoms with Crippen LogP contribution in [-0.2, 0) is 10.0 Å². The molecule has 0 saturated carbocycles. The quantitative estimate of drug-likeness (QED) is 0.545. The highest BCUT2D eigenvalue weighted by Gasteiger charge is 2.35. The van der Waals surface area contributed by atoms with Gasteiger partial charge < -0.3 is 10.2 Å². The van der Waals surface area contributed by atoms with E-state index in [1.54, 1.807) is 4.90 Å². The molecule has 6 nitrogen and oxygen atoms in total. The molecule has 2 aromatic rings. The molecule has 2 fully saturated rings. The Kier molecular flexibility index (Phi) is 5.34. The third-order valence-corrected chi connectivity index (χ3v) is 7.11. The van der Waals surface area contributed by atoms with Gasteiger partial charge in [0.1, 0.15) is 16.7 Å². The van der Waals surface area contributed by atoms with Crippen molar-refractivity contribution in [2.45, 2.75) is 11.3 Å². The Morgan fingerprint density at radius 2 is 1.97 bits per heavy atom. The number of rotatable bonds is 5. The van der Waals surface area contributed by atoms with E-state index in [1.165, 1.54) is 6.07 Å². The molecule has 3 heterocycles. The normalized spacial score (nSPS) is 20.0. The minimum absolute atomic E-state index is 0.124. The highest BCUT2D eigenvalue weighted by Crippen LogP contribution is 2.38. The Balaban J connectivity index is 1.63. The smallest absolute Gasteiger partial charge is 0.268 e. The zero-order valence-electron chi connectivity index (χ0n) is 15.1. The van der Waals surface area contributed by atoms with Crippen LogP contribution >= 0.6 is 11.6 Å². The van der Waals surface area contributed by atoms with Gasteiger partial charge in [0.05, 0.1) is 5.69 Å². The zero-order valence-corrected chi connectivity index (χ0v) is 16.7. The molecule has 2 aliphatic rings. The van der Waals surface area contributed by atoms with Gasteiger partial charge in [-0.05, 0) is 43.5 Å². The molecule has 2 saturated heterocycles. The van der Waals surface area contributed by atoms with Crippen LogP contribution in [-0.4, -0.2) is 39.6 Å². The number of nitrogens with one attached hydrogen (secondary N) is 2. The number of sulfonamides is 1. The minimum atomic E-state index is -4.71. The summed E-state index contributed by atoms with van der Waals surface area (Å²) >= 11 is 6.10. The van der Waals surface area contributed by atoms with Crippen molar-refractivity contribution >= 4 is 33.1 Å². The topological polar surface area (TPSA) is 74.3 Å². The van der Waals surface area contributed by atoms with Crippen molar-refractivity contribution in [3.63, 3.8) is 0 Å². The summed E-state index contributed by atoms with van der Waals surface area (Å²) in [6.07, 6.45) is 0.874. The van der Waals surface area contributed by atoms with Crippen LogP contribution in [0.5, 0.6) is 0 Å². The summed E-state index contributed by atoms with van der Waals surface area (Å²) in [5, 5.41) is 2.74. The molecular formula is C18H18ClF3N4O2S. The molecule has 2 aliphatic heterocycles. The fourth-order valence-corrected chi connectivity index (χ4v) is 5.20. The second kappa shape index (κ2) is 7.66. The fraction of sp³-hybridized carbons (Fsp3) is 0.389. The van der Waals surface area contributed by atoms with Crippen molar-refractivity contribution in [3.05, 3.63) is 46.9 Å². The molecule has 156 valence electrons. The second-order valence-electron chi connectivity index (χ2n) is 7.20. The predicted molar refractivity (Wildman–Crippen MR) is 103 cm³/mol. The summed E-state index contributed by atoms with van der Waals surface area (Å²) in [6, 6.07) is 4.31. The Morgan fingerprint density at radius 3 is 2.62 bits per heavy atom. The zero-order chi connectivity index (χ0) is 20.8. The van der Waals surface area contributed by atoms with Crippen LogP contribution < -0.4 is 14.9 Å². The van der Waals surface area contributed by atoms with Gasteiger partial charge in [-0.15, -0.1) is 0 Å². The summed E-state index contributed by atoms with van der Waals surface area (Å²) in [5.74, 6) is -3.09. The maximum atomic E-state index is 14.9. The number of hydrogen-bond acceptors (Lipinski definition) is 5. The minimum Gasteiger partial charge on any atom is -0.370 e. The van der Waals surface area contributed by atoms with E-state index in [0.29, 0.717) is 24.9 Å². The predicted octanol–water partition coefficient (Wildman–Crippen LogP) is 3.00. The first-order valence-electron chi connectivity index (χ1n) is 9.05. The van der Waals surface area contributed by atoms with Crippen LogP contribution in [0.25, 0.3) is 0 Å². The summed E-state index contributed by atoms with van der Waals surface area (Å²) in [7, 11) is -4.71. The molecule has 0 unspecified atom stereocenters. The average Bonchev–Trinajstić information content (AvgIpc) is 3.05. The van der Waals surface area contributed by atoms with E-state index in [1.807, 2.05) is 4.72 Å². The molecule has 4 rings (SSSR count). The summed E-state index contributed by atoms with van der Waals surface area (Å²) in [6.45, 7) is 3.03. The fourth-order valence-electron chi connectivity index (χ4n) is 3.73. The lowest BCUT2D eigenvalue weighted by atomic mass is 9.87. The van der Waals surface area contributed by atoms with Crippen LogP contribution in [0, 0.1) is 29.4 Å². The van der Waals surface area contributed by atoms with Crippen molar-refractivity contribution in [2.75, 3.05) is 35.8 Å². The monoisotopic (exact) mass is 446 g/mol. The Morgan fingerprint density at radius 1 is 1.21 bits per heavy atom. The molecule has 2 N–H and O–H groups in total. The first-order valence-corrected chi connectivity index (χ1v) is 10.9. The SMILES string of the molecule is O=S(=O)(Nc1cccc(F)n1)c1c(F)cc(N2CC[C@@H](C3CNC3)C2)c(Cl)c1F. The second-order valence-corrected chi connectivity index (χ2v) is 9.20. The van der Waals surface area contributed by atoms with Crippen molar-refractivity contribution in [1.82, 2.24) is 10.3 Å². The lowest BCUT2D eigenvalue weighted by molar-refractivity contribution is 0.250. The van der Waals surface area contributed by atoms with E-state index in [4.69, 9.17) is 11.6 Å². The number of benzene rings is 1. The lowest BCUT2D eigenvalue weighted by Gasteiger charge is -2.32. The maximum absolute atomic E-state index is 14.9. The number of nitrogens with zero attached hydrogens (tertiary/aromatic N) is 2. The van der Waals surface area contributed by atoms with Crippen LogP contribution in [0.1, 0.15) is 6.42 Å². The first kappa shape index (κ1) is 20.2. The van der Waals surface area contributed by atoms with Crippen molar-refractivity contribution in [3.8, 4) is 0 Å². The number of pyridine rings is 1. The van der Waals surface area contributed by atoms with Gasteiger partial charge in [0.2, 0.25) is 5.95 Å². The summed E-state index contributed by atoms with van der Waals surface area (Å²) < 4.78 is 69.6. The van der Waals surface area contributed by atoms with Gasteiger partial charge in [0, 0.05) is 19.2 Å². The van der Waals surface area contributed by atoms with Crippen LogP contribution in [0.4, 0.5) is 24.7 Å². The number of hydrogen-bond donors (Lipinski definition) is 2. The summed E-state index contributed by atoms with van der Waals surface area (Å²) in [4.78, 5) is 3.88. The number of halogens is 4. The lowest BCUT2D eigenvalue weighted by Crippen LogP contribution is -2.46. The Bertz CT molecular complexity index is 1050. The maximum Gasteiger partial charge on any atom is 0.268 e.